The van der Waals surface area contributed by atoms with Crippen molar-refractivity contribution in [3.63, 3.8) is 0 Å². The maximum absolute atomic E-state index is 13.2. The average Bonchev–Trinajstić information content (AvgIpc) is 2.73. The number of nitrogens with zero attached hydrogens (tertiary/aromatic N) is 3. The number of fused-ring (bicyclic) bond motifs is 2. The molecule has 0 saturated carbocycles. The second-order valence-electron chi connectivity index (χ2n) is 7.10. The van der Waals surface area contributed by atoms with Crippen LogP contribution >= 0.6 is 0 Å². The molecular formula is C21H27N5O4. The van der Waals surface area contributed by atoms with E-state index in [0.29, 0.717) is 55.8 Å². The Bertz CT molecular complexity index is 1180. The molecule has 0 fully saturated rings. The fourth-order valence-corrected chi connectivity index (χ4v) is 3.31. The van der Waals surface area contributed by atoms with Crippen molar-refractivity contribution < 1.29 is 14.3 Å². The zero-order valence-corrected chi connectivity index (χ0v) is 17.5. The number of ether oxygens (including phenoxy) is 2. The molecule has 0 spiro atoms. The van der Waals surface area contributed by atoms with Gasteiger partial charge in [0, 0.05) is 46.7 Å². The number of aromatic nitrogens is 3. The highest BCUT2D eigenvalue weighted by Crippen LogP contribution is 2.12. The van der Waals surface area contributed by atoms with E-state index >= 15 is 0 Å². The zero-order chi connectivity index (χ0) is 21.7. The molecule has 3 aromatic rings. The summed E-state index contributed by atoms with van der Waals surface area (Å²) in [4.78, 5) is 30.6. The summed E-state index contributed by atoms with van der Waals surface area (Å²) in [5.41, 5.74) is 1.70. The molecule has 160 valence electrons. The van der Waals surface area contributed by atoms with Crippen LogP contribution < -0.4 is 16.4 Å². The fraction of sp³-hybridized carbons (Fsp3) is 0.429. The Morgan fingerprint density at radius 2 is 1.93 bits per heavy atom. The molecule has 3 rings (SSSR count). The van der Waals surface area contributed by atoms with Gasteiger partial charge < -0.3 is 19.4 Å². The topological polar surface area (TPSA) is 111 Å². The molecule has 9 nitrogen and oxygen atoms in total. The van der Waals surface area contributed by atoms with E-state index < -0.39 is 5.91 Å². The maximum Gasteiger partial charge on any atom is 0.267 e. The minimum Gasteiger partial charge on any atom is -0.385 e. The van der Waals surface area contributed by atoms with Crippen LogP contribution in [0.5, 0.6) is 0 Å². The highest BCUT2D eigenvalue weighted by atomic mass is 16.5. The third kappa shape index (κ3) is 4.42. The largest absolute Gasteiger partial charge is 0.385 e. The Morgan fingerprint density at radius 1 is 1.20 bits per heavy atom. The van der Waals surface area contributed by atoms with Crippen LogP contribution in [-0.2, 0) is 16.0 Å². The summed E-state index contributed by atoms with van der Waals surface area (Å²) in [6.45, 7) is 3.74. The molecule has 3 heterocycles. The molecule has 0 aliphatic carbocycles. The summed E-state index contributed by atoms with van der Waals surface area (Å²) in [6, 6.07) is 5.13. The third-order valence-electron chi connectivity index (χ3n) is 4.84. The van der Waals surface area contributed by atoms with Gasteiger partial charge in [-0.25, -0.2) is 4.98 Å². The van der Waals surface area contributed by atoms with E-state index in [4.69, 9.17) is 14.9 Å². The van der Waals surface area contributed by atoms with Crippen LogP contribution in [-0.4, -0.2) is 53.8 Å². The summed E-state index contributed by atoms with van der Waals surface area (Å²) in [5.74, 6) is -0.396. The van der Waals surface area contributed by atoms with Gasteiger partial charge in [-0.15, -0.1) is 0 Å². The standard InChI is InChI=1S/C21H27N5O4/c1-14-6-7-17-24-19-16(21(28)26(17)13-14)12-15(20(27)23-8-4-10-29-2)18(22)25(19)9-5-11-30-3/h6-7,12-13,22H,4-5,8-11H2,1-3H3,(H,23,27). The van der Waals surface area contributed by atoms with Crippen molar-refractivity contribution in [1.29, 1.82) is 5.41 Å². The number of pyridine rings is 2. The molecule has 0 aliphatic rings. The smallest absolute Gasteiger partial charge is 0.267 e. The summed E-state index contributed by atoms with van der Waals surface area (Å²) in [7, 11) is 3.21. The quantitative estimate of drug-likeness (QED) is 0.405. The Kier molecular flexibility index (Phi) is 6.96. The van der Waals surface area contributed by atoms with Gasteiger partial charge in [0.05, 0.1) is 10.9 Å². The van der Waals surface area contributed by atoms with Gasteiger partial charge in [-0.05, 0) is 37.5 Å². The van der Waals surface area contributed by atoms with E-state index in [1.165, 1.54) is 10.5 Å². The molecule has 0 atom stereocenters. The molecule has 1 amide bonds. The lowest BCUT2D eigenvalue weighted by Gasteiger charge is -2.15. The number of aryl methyl sites for hydroxylation is 2. The maximum atomic E-state index is 13.2. The van der Waals surface area contributed by atoms with E-state index in [1.807, 2.05) is 13.0 Å². The van der Waals surface area contributed by atoms with Crippen molar-refractivity contribution in [2.45, 2.75) is 26.3 Å². The summed E-state index contributed by atoms with van der Waals surface area (Å²) in [6.07, 6.45) is 3.00. The number of rotatable bonds is 9. The highest BCUT2D eigenvalue weighted by Gasteiger charge is 2.17. The normalized spacial score (nSPS) is 11.3. The summed E-state index contributed by atoms with van der Waals surface area (Å²) in [5, 5.41) is 11.7. The number of hydrogen-bond donors (Lipinski definition) is 2. The predicted molar refractivity (Wildman–Crippen MR) is 113 cm³/mol. The predicted octanol–water partition coefficient (Wildman–Crippen LogP) is 1.24. The van der Waals surface area contributed by atoms with Crippen molar-refractivity contribution >= 4 is 22.6 Å². The van der Waals surface area contributed by atoms with Gasteiger partial charge in [-0.3, -0.25) is 19.4 Å². The Hall–Kier alpha value is -3.04. The molecular weight excluding hydrogens is 386 g/mol. The number of hydrogen-bond acceptors (Lipinski definition) is 6. The van der Waals surface area contributed by atoms with E-state index in [1.54, 1.807) is 31.0 Å². The molecule has 0 aliphatic heterocycles. The van der Waals surface area contributed by atoms with Crippen molar-refractivity contribution in [2.24, 2.45) is 0 Å². The van der Waals surface area contributed by atoms with Crippen molar-refractivity contribution in [1.82, 2.24) is 19.3 Å². The molecule has 9 heteroatoms. The molecule has 0 aromatic carbocycles. The zero-order valence-electron chi connectivity index (χ0n) is 17.5. The second-order valence-corrected chi connectivity index (χ2v) is 7.10. The molecule has 30 heavy (non-hydrogen) atoms. The molecule has 0 bridgehead atoms. The Morgan fingerprint density at radius 3 is 2.67 bits per heavy atom. The number of carbonyl (C=O) groups excluding carboxylic acids is 1. The van der Waals surface area contributed by atoms with Crippen molar-refractivity contribution in [2.75, 3.05) is 34.0 Å². The minimum absolute atomic E-state index is 0.0196. The molecule has 0 saturated heterocycles. The van der Waals surface area contributed by atoms with Crippen LogP contribution in [0.4, 0.5) is 0 Å². The first-order valence-electron chi connectivity index (χ1n) is 9.85. The first-order chi connectivity index (χ1) is 14.5. The average molecular weight is 413 g/mol. The lowest BCUT2D eigenvalue weighted by Crippen LogP contribution is -2.35. The van der Waals surface area contributed by atoms with E-state index in [2.05, 4.69) is 10.3 Å². The van der Waals surface area contributed by atoms with Crippen LogP contribution in [0.15, 0.2) is 29.2 Å². The molecule has 2 N–H and O–H groups in total. The van der Waals surface area contributed by atoms with Crippen LogP contribution in [0.1, 0.15) is 28.8 Å². The van der Waals surface area contributed by atoms with Gasteiger partial charge in [0.15, 0.2) is 0 Å². The summed E-state index contributed by atoms with van der Waals surface area (Å²) < 4.78 is 13.2. The highest BCUT2D eigenvalue weighted by molar-refractivity contribution is 5.96. The number of carbonyl (C=O) groups is 1. The minimum atomic E-state index is -0.396. The Balaban J connectivity index is 2.17. The van der Waals surface area contributed by atoms with Crippen LogP contribution in [0.25, 0.3) is 16.7 Å². The third-order valence-corrected chi connectivity index (χ3v) is 4.84. The van der Waals surface area contributed by atoms with Gasteiger partial charge in [0.2, 0.25) is 0 Å². The molecule has 0 radical (unpaired) electrons. The Labute approximate surface area is 173 Å². The molecule has 0 unspecified atom stereocenters. The van der Waals surface area contributed by atoms with E-state index in [0.717, 1.165) is 5.56 Å². The van der Waals surface area contributed by atoms with Crippen LogP contribution in [0.3, 0.4) is 0 Å². The van der Waals surface area contributed by atoms with Crippen molar-refractivity contribution in [3.8, 4) is 0 Å². The van der Waals surface area contributed by atoms with E-state index in [-0.39, 0.29) is 16.6 Å². The first kappa shape index (κ1) is 21.7. The second kappa shape index (κ2) is 9.64. The summed E-state index contributed by atoms with van der Waals surface area (Å²) >= 11 is 0. The monoisotopic (exact) mass is 413 g/mol. The SMILES string of the molecule is COCCCNC(=O)c1cc2c(=O)n3cc(C)ccc3nc2n(CCCOC)c1=N. The van der Waals surface area contributed by atoms with Crippen molar-refractivity contribution in [3.05, 3.63) is 51.4 Å². The first-order valence-corrected chi connectivity index (χ1v) is 9.85. The number of methoxy groups -OCH3 is 2. The van der Waals surface area contributed by atoms with Crippen LogP contribution in [0.2, 0.25) is 0 Å². The lowest BCUT2D eigenvalue weighted by molar-refractivity contribution is 0.0946. The van der Waals surface area contributed by atoms with Gasteiger partial charge in [-0.1, -0.05) is 6.07 Å². The van der Waals surface area contributed by atoms with Crippen LogP contribution in [0, 0.1) is 12.3 Å². The van der Waals surface area contributed by atoms with Gasteiger partial charge in [0.25, 0.3) is 11.5 Å². The molecule has 3 aromatic heterocycles. The fourth-order valence-electron chi connectivity index (χ4n) is 3.31. The number of amides is 1. The van der Waals surface area contributed by atoms with Gasteiger partial charge >= 0.3 is 0 Å². The number of nitrogens with one attached hydrogen (secondary N) is 2. The van der Waals surface area contributed by atoms with Gasteiger partial charge in [-0.2, -0.15) is 0 Å². The lowest BCUT2D eigenvalue weighted by atomic mass is 10.2. The van der Waals surface area contributed by atoms with E-state index in [9.17, 15) is 9.59 Å². The van der Waals surface area contributed by atoms with Gasteiger partial charge in [0.1, 0.15) is 16.8 Å².